The summed E-state index contributed by atoms with van der Waals surface area (Å²) in [6.45, 7) is 1.85. The van der Waals surface area contributed by atoms with Crippen LogP contribution < -0.4 is 0 Å². The van der Waals surface area contributed by atoms with E-state index in [4.69, 9.17) is 5.11 Å². The second kappa shape index (κ2) is 3.28. The zero-order valence-corrected chi connectivity index (χ0v) is 8.19. The van der Waals surface area contributed by atoms with E-state index in [-0.39, 0.29) is 11.3 Å². The van der Waals surface area contributed by atoms with Crippen LogP contribution in [0.5, 0.6) is 5.75 Å². The molecule has 0 saturated carbocycles. The molecule has 0 fully saturated rings. The molecular formula is C12H10O3. The van der Waals surface area contributed by atoms with Crippen molar-refractivity contribution in [3.63, 3.8) is 0 Å². The third kappa shape index (κ3) is 1.52. The molecule has 0 bridgehead atoms. The number of rotatable bonds is 1. The largest absolute Gasteiger partial charge is 0.508 e. The number of phenols is 1. The van der Waals surface area contributed by atoms with Gasteiger partial charge >= 0.3 is 5.97 Å². The van der Waals surface area contributed by atoms with E-state index in [1.54, 1.807) is 12.1 Å². The van der Waals surface area contributed by atoms with Gasteiger partial charge in [0.2, 0.25) is 0 Å². The predicted molar refractivity (Wildman–Crippen MR) is 57.3 cm³/mol. The molecule has 15 heavy (non-hydrogen) atoms. The van der Waals surface area contributed by atoms with Gasteiger partial charge in [0.05, 0.1) is 5.56 Å². The average Bonchev–Trinajstić information content (AvgIpc) is 2.16. The minimum Gasteiger partial charge on any atom is -0.508 e. The van der Waals surface area contributed by atoms with Crippen molar-refractivity contribution in [1.82, 2.24) is 0 Å². The van der Waals surface area contributed by atoms with Crippen molar-refractivity contribution in [2.24, 2.45) is 0 Å². The van der Waals surface area contributed by atoms with E-state index in [2.05, 4.69) is 0 Å². The molecule has 2 rings (SSSR count). The van der Waals surface area contributed by atoms with E-state index >= 15 is 0 Å². The first-order valence-corrected chi connectivity index (χ1v) is 4.55. The van der Waals surface area contributed by atoms with Crippen LogP contribution in [0.4, 0.5) is 0 Å². The predicted octanol–water partition coefficient (Wildman–Crippen LogP) is 2.55. The number of carbonyl (C=O) groups is 1. The molecule has 0 aromatic heterocycles. The van der Waals surface area contributed by atoms with Crippen LogP contribution >= 0.6 is 0 Å². The minimum absolute atomic E-state index is 0.0227. The molecule has 0 radical (unpaired) electrons. The Hall–Kier alpha value is -2.03. The molecule has 3 heteroatoms. The summed E-state index contributed by atoms with van der Waals surface area (Å²) in [4.78, 5) is 11.0. The number of carboxylic acids is 1. The molecule has 0 heterocycles. The van der Waals surface area contributed by atoms with Gasteiger partial charge in [-0.05, 0) is 35.4 Å². The number of hydrogen-bond acceptors (Lipinski definition) is 2. The third-order valence-corrected chi connectivity index (χ3v) is 2.40. The van der Waals surface area contributed by atoms with Crippen LogP contribution in [0.1, 0.15) is 15.9 Å². The van der Waals surface area contributed by atoms with Gasteiger partial charge in [0.1, 0.15) is 5.75 Å². The van der Waals surface area contributed by atoms with E-state index in [9.17, 15) is 9.90 Å². The smallest absolute Gasteiger partial charge is 0.336 e. The Bertz CT molecular complexity index is 544. The minimum atomic E-state index is -1.02. The number of phenolic OH excluding ortho intramolecular Hbond substituents is 1. The van der Waals surface area contributed by atoms with Gasteiger partial charge in [-0.2, -0.15) is 0 Å². The van der Waals surface area contributed by atoms with Gasteiger partial charge in [-0.1, -0.05) is 18.2 Å². The quantitative estimate of drug-likeness (QED) is 0.747. The van der Waals surface area contributed by atoms with Crippen molar-refractivity contribution in [2.75, 3.05) is 0 Å². The van der Waals surface area contributed by atoms with Crippen molar-refractivity contribution in [3.05, 3.63) is 41.5 Å². The van der Waals surface area contributed by atoms with Crippen molar-refractivity contribution < 1.29 is 15.0 Å². The van der Waals surface area contributed by atoms with E-state index < -0.39 is 5.97 Å². The number of aromatic hydroxyl groups is 1. The van der Waals surface area contributed by atoms with Crippen LogP contribution in [0.2, 0.25) is 0 Å². The maximum Gasteiger partial charge on any atom is 0.336 e. The first-order chi connectivity index (χ1) is 7.09. The highest BCUT2D eigenvalue weighted by Crippen LogP contribution is 2.27. The summed E-state index contributed by atoms with van der Waals surface area (Å²) in [7, 11) is 0. The number of benzene rings is 2. The van der Waals surface area contributed by atoms with Crippen LogP contribution in [-0.4, -0.2) is 16.2 Å². The Morgan fingerprint density at radius 2 is 2.00 bits per heavy atom. The lowest BCUT2D eigenvalue weighted by atomic mass is 10.00. The molecular weight excluding hydrogens is 192 g/mol. The maximum absolute atomic E-state index is 11.0. The third-order valence-electron chi connectivity index (χ3n) is 2.40. The summed E-state index contributed by atoms with van der Waals surface area (Å²) in [5.74, 6) is -1.05. The fraction of sp³-hybridized carbons (Fsp3) is 0.0833. The lowest BCUT2D eigenvalue weighted by molar-refractivity contribution is 0.0698. The van der Waals surface area contributed by atoms with Crippen molar-refractivity contribution >= 4 is 16.7 Å². The SMILES string of the molecule is Cc1cccc2cc(O)cc(C(=O)O)c12. The van der Waals surface area contributed by atoms with Crippen molar-refractivity contribution in [2.45, 2.75) is 6.92 Å². The van der Waals surface area contributed by atoms with Gasteiger partial charge in [0.25, 0.3) is 0 Å². The Morgan fingerprint density at radius 1 is 1.27 bits per heavy atom. The standard InChI is InChI=1S/C12H10O3/c1-7-3-2-4-8-5-9(13)6-10(11(7)8)12(14)15/h2-6,13H,1H3,(H,14,15). The molecule has 0 unspecified atom stereocenters. The van der Waals surface area contributed by atoms with Gasteiger partial charge in [-0.15, -0.1) is 0 Å². The summed E-state index contributed by atoms with van der Waals surface area (Å²) >= 11 is 0. The lowest BCUT2D eigenvalue weighted by Gasteiger charge is -2.06. The summed E-state index contributed by atoms with van der Waals surface area (Å²) in [5.41, 5.74) is 1.04. The van der Waals surface area contributed by atoms with Gasteiger partial charge < -0.3 is 10.2 Å². The zero-order valence-electron chi connectivity index (χ0n) is 8.19. The molecule has 0 aliphatic carbocycles. The Morgan fingerprint density at radius 3 is 2.67 bits per heavy atom. The number of carboxylic acid groups (broad SMARTS) is 1. The van der Waals surface area contributed by atoms with Crippen LogP contribution in [0, 0.1) is 6.92 Å². The van der Waals surface area contributed by atoms with Gasteiger partial charge in [-0.25, -0.2) is 4.79 Å². The van der Waals surface area contributed by atoms with Crippen LogP contribution in [0.15, 0.2) is 30.3 Å². The molecule has 2 aromatic rings. The van der Waals surface area contributed by atoms with Gasteiger partial charge in [-0.3, -0.25) is 0 Å². The molecule has 76 valence electrons. The van der Waals surface area contributed by atoms with E-state index in [0.717, 1.165) is 10.9 Å². The van der Waals surface area contributed by atoms with Crippen molar-refractivity contribution in [3.8, 4) is 5.75 Å². The molecule has 0 saturated heterocycles. The van der Waals surface area contributed by atoms with Gasteiger partial charge in [0.15, 0.2) is 0 Å². The first kappa shape index (κ1) is 9.52. The van der Waals surface area contributed by atoms with E-state index in [1.165, 1.54) is 6.07 Å². The molecule has 0 spiro atoms. The molecule has 0 aliphatic rings. The summed E-state index contributed by atoms with van der Waals surface area (Å²) in [6, 6.07) is 8.31. The van der Waals surface area contributed by atoms with Crippen LogP contribution in [0.3, 0.4) is 0 Å². The maximum atomic E-state index is 11.0. The number of hydrogen-bond donors (Lipinski definition) is 2. The second-order valence-corrected chi connectivity index (χ2v) is 3.47. The summed E-state index contributed by atoms with van der Waals surface area (Å²) < 4.78 is 0. The highest BCUT2D eigenvalue weighted by molar-refractivity contribution is 6.05. The molecule has 2 N–H and O–H groups in total. The average molecular weight is 202 g/mol. The number of fused-ring (bicyclic) bond motifs is 1. The van der Waals surface area contributed by atoms with Gasteiger partial charge in [0, 0.05) is 0 Å². The topological polar surface area (TPSA) is 57.5 Å². The Balaban J connectivity index is 2.94. The lowest BCUT2D eigenvalue weighted by Crippen LogP contribution is -1.98. The normalized spacial score (nSPS) is 10.5. The van der Waals surface area contributed by atoms with Crippen LogP contribution in [0.25, 0.3) is 10.8 Å². The zero-order chi connectivity index (χ0) is 11.0. The van der Waals surface area contributed by atoms with Crippen molar-refractivity contribution in [1.29, 1.82) is 0 Å². The molecule has 0 aliphatic heterocycles. The first-order valence-electron chi connectivity index (χ1n) is 4.55. The fourth-order valence-corrected chi connectivity index (χ4v) is 1.77. The number of aryl methyl sites for hydroxylation is 1. The monoisotopic (exact) mass is 202 g/mol. The highest BCUT2D eigenvalue weighted by Gasteiger charge is 2.11. The Kier molecular flexibility index (Phi) is 2.08. The molecule has 0 atom stereocenters. The van der Waals surface area contributed by atoms with Crippen LogP contribution in [-0.2, 0) is 0 Å². The second-order valence-electron chi connectivity index (χ2n) is 3.47. The fourth-order valence-electron chi connectivity index (χ4n) is 1.77. The van der Waals surface area contributed by atoms with E-state index in [1.807, 2.05) is 19.1 Å². The van der Waals surface area contributed by atoms with E-state index in [0.29, 0.717) is 5.39 Å². The highest BCUT2D eigenvalue weighted by atomic mass is 16.4. The molecule has 0 amide bonds. The Labute approximate surface area is 86.6 Å². The molecule has 3 nitrogen and oxygen atoms in total. The summed E-state index contributed by atoms with van der Waals surface area (Å²) in [6.07, 6.45) is 0. The molecule has 2 aromatic carbocycles. The summed E-state index contributed by atoms with van der Waals surface area (Å²) in [5, 5.41) is 19.8. The number of aromatic carboxylic acids is 1.